The van der Waals surface area contributed by atoms with Gasteiger partial charge in [0.2, 0.25) is 0 Å². The Hall–Kier alpha value is -1.12. The van der Waals surface area contributed by atoms with Crippen LogP contribution in [-0.4, -0.2) is 22.7 Å². The molecule has 1 aliphatic heterocycles. The number of H-pyrrole nitrogens is 1. The van der Waals surface area contributed by atoms with E-state index in [0.717, 1.165) is 24.4 Å². The molecule has 0 bridgehead atoms. The zero-order chi connectivity index (χ0) is 6.10. The molecule has 0 aromatic carbocycles. The largest absolute Gasteiger partial charge is 0.334 e. The van der Waals surface area contributed by atoms with E-state index < -0.39 is 0 Å². The Morgan fingerprint density at radius 3 is 3.56 bits per heavy atom. The SMILES string of the molecule is [c]1nc2c([nH]1)C=NCC2. The van der Waals surface area contributed by atoms with Gasteiger partial charge in [-0.3, -0.25) is 4.99 Å². The first-order valence-corrected chi connectivity index (χ1v) is 2.91. The van der Waals surface area contributed by atoms with E-state index in [0.29, 0.717) is 0 Å². The molecule has 1 N–H and O–H groups in total. The lowest BCUT2D eigenvalue weighted by Gasteiger charge is -1.99. The standard InChI is InChI=1S/C6H6N3/c1-2-7-3-6-5(1)8-4-9-6/h3H,1-2H2,(H,8,9). The van der Waals surface area contributed by atoms with E-state index in [2.05, 4.69) is 21.3 Å². The number of aromatic nitrogens is 2. The van der Waals surface area contributed by atoms with Crippen LogP contribution in [0.15, 0.2) is 4.99 Å². The van der Waals surface area contributed by atoms with E-state index in [1.807, 2.05) is 6.21 Å². The van der Waals surface area contributed by atoms with Crippen molar-refractivity contribution in [2.45, 2.75) is 6.42 Å². The summed E-state index contributed by atoms with van der Waals surface area (Å²) in [6, 6.07) is 0. The molecule has 2 heterocycles. The van der Waals surface area contributed by atoms with Gasteiger partial charge in [-0.25, -0.2) is 4.98 Å². The molecule has 0 amide bonds. The fraction of sp³-hybridized carbons (Fsp3) is 0.333. The molecule has 2 rings (SSSR count). The van der Waals surface area contributed by atoms with Crippen LogP contribution in [0.3, 0.4) is 0 Å². The van der Waals surface area contributed by atoms with Crippen molar-refractivity contribution in [3.05, 3.63) is 17.7 Å². The number of aromatic amines is 1. The van der Waals surface area contributed by atoms with E-state index in [1.54, 1.807) is 0 Å². The molecular formula is C6H6N3. The van der Waals surface area contributed by atoms with Crippen molar-refractivity contribution in [1.82, 2.24) is 9.97 Å². The average molecular weight is 120 g/mol. The summed E-state index contributed by atoms with van der Waals surface area (Å²) in [5, 5.41) is 0. The van der Waals surface area contributed by atoms with Crippen LogP contribution in [-0.2, 0) is 6.42 Å². The molecule has 0 saturated carbocycles. The van der Waals surface area contributed by atoms with E-state index >= 15 is 0 Å². The summed E-state index contributed by atoms with van der Waals surface area (Å²) in [5.74, 6) is 0. The second kappa shape index (κ2) is 1.69. The fourth-order valence-electron chi connectivity index (χ4n) is 0.912. The van der Waals surface area contributed by atoms with E-state index in [9.17, 15) is 0 Å². The van der Waals surface area contributed by atoms with Gasteiger partial charge in [0.15, 0.2) is 6.33 Å². The highest BCUT2D eigenvalue weighted by Crippen LogP contribution is 2.04. The van der Waals surface area contributed by atoms with Gasteiger partial charge >= 0.3 is 0 Å². The van der Waals surface area contributed by atoms with Crippen LogP contribution in [0.2, 0.25) is 0 Å². The van der Waals surface area contributed by atoms with Crippen molar-refractivity contribution in [1.29, 1.82) is 0 Å². The van der Waals surface area contributed by atoms with Gasteiger partial charge in [-0.15, -0.1) is 0 Å². The molecule has 3 nitrogen and oxygen atoms in total. The number of rotatable bonds is 0. The summed E-state index contributed by atoms with van der Waals surface area (Å²) in [6.07, 6.45) is 5.43. The molecule has 1 aromatic rings. The van der Waals surface area contributed by atoms with Crippen molar-refractivity contribution >= 4 is 6.21 Å². The minimum Gasteiger partial charge on any atom is -0.334 e. The first-order chi connectivity index (χ1) is 4.47. The number of nitrogens with one attached hydrogen (secondary N) is 1. The topological polar surface area (TPSA) is 41.0 Å². The predicted molar refractivity (Wildman–Crippen MR) is 33.6 cm³/mol. The summed E-state index contributed by atoms with van der Waals surface area (Å²) in [5.41, 5.74) is 2.10. The molecule has 9 heavy (non-hydrogen) atoms. The van der Waals surface area contributed by atoms with Crippen LogP contribution >= 0.6 is 0 Å². The molecule has 0 saturated heterocycles. The number of hydrogen-bond donors (Lipinski definition) is 1. The highest BCUT2D eigenvalue weighted by Gasteiger charge is 2.05. The first-order valence-electron chi connectivity index (χ1n) is 2.91. The minimum absolute atomic E-state index is 0.867. The third-order valence-electron chi connectivity index (χ3n) is 1.39. The second-order valence-electron chi connectivity index (χ2n) is 1.99. The predicted octanol–water partition coefficient (Wildman–Crippen LogP) is 0.185. The highest BCUT2D eigenvalue weighted by atomic mass is 14.9. The van der Waals surface area contributed by atoms with Crippen molar-refractivity contribution in [3.63, 3.8) is 0 Å². The normalized spacial score (nSPS) is 15.6. The average Bonchev–Trinajstić information content (AvgIpc) is 2.33. The van der Waals surface area contributed by atoms with Crippen LogP contribution in [0.25, 0.3) is 0 Å². The molecule has 45 valence electrons. The van der Waals surface area contributed by atoms with Gasteiger partial charge in [-0.2, -0.15) is 0 Å². The maximum Gasteiger partial charge on any atom is 0.174 e. The number of nitrogens with zero attached hydrogens (tertiary/aromatic N) is 2. The quantitative estimate of drug-likeness (QED) is 0.521. The van der Waals surface area contributed by atoms with Crippen LogP contribution in [0.1, 0.15) is 11.4 Å². The molecule has 0 unspecified atom stereocenters. The molecule has 0 atom stereocenters. The monoisotopic (exact) mass is 120 g/mol. The van der Waals surface area contributed by atoms with E-state index in [1.165, 1.54) is 0 Å². The van der Waals surface area contributed by atoms with Gasteiger partial charge in [0, 0.05) is 19.2 Å². The molecule has 3 heteroatoms. The van der Waals surface area contributed by atoms with Gasteiger partial charge < -0.3 is 4.98 Å². The van der Waals surface area contributed by atoms with Crippen LogP contribution < -0.4 is 0 Å². The lowest BCUT2D eigenvalue weighted by atomic mass is 10.2. The van der Waals surface area contributed by atoms with Crippen LogP contribution in [0.4, 0.5) is 0 Å². The number of fused-ring (bicyclic) bond motifs is 1. The molecule has 0 aliphatic carbocycles. The van der Waals surface area contributed by atoms with Gasteiger partial charge in [0.05, 0.1) is 11.4 Å². The van der Waals surface area contributed by atoms with Crippen LogP contribution in [0, 0.1) is 6.33 Å². The number of aliphatic imine (C=N–C) groups is 1. The molecule has 1 radical (unpaired) electrons. The van der Waals surface area contributed by atoms with Crippen molar-refractivity contribution < 1.29 is 0 Å². The lowest BCUT2D eigenvalue weighted by molar-refractivity contribution is 0.918. The zero-order valence-corrected chi connectivity index (χ0v) is 4.89. The van der Waals surface area contributed by atoms with Crippen molar-refractivity contribution in [3.8, 4) is 0 Å². The summed E-state index contributed by atoms with van der Waals surface area (Å²) in [4.78, 5) is 10.9. The summed E-state index contributed by atoms with van der Waals surface area (Å²) >= 11 is 0. The number of imidazole rings is 1. The molecular weight excluding hydrogens is 114 g/mol. The summed E-state index contributed by atoms with van der Waals surface area (Å²) in [7, 11) is 0. The maximum atomic E-state index is 4.07. The Morgan fingerprint density at radius 1 is 1.67 bits per heavy atom. The Balaban J connectivity index is 2.53. The van der Waals surface area contributed by atoms with Crippen molar-refractivity contribution in [2.75, 3.05) is 6.54 Å². The van der Waals surface area contributed by atoms with E-state index in [-0.39, 0.29) is 0 Å². The van der Waals surface area contributed by atoms with Gasteiger partial charge in [-0.05, 0) is 0 Å². The fourth-order valence-corrected chi connectivity index (χ4v) is 0.912. The second-order valence-corrected chi connectivity index (χ2v) is 1.99. The summed E-state index contributed by atoms with van der Waals surface area (Å²) < 4.78 is 0. The number of hydrogen-bond acceptors (Lipinski definition) is 2. The Kier molecular flexibility index (Phi) is 0.886. The van der Waals surface area contributed by atoms with E-state index in [4.69, 9.17) is 0 Å². The highest BCUT2D eigenvalue weighted by molar-refractivity contribution is 5.79. The summed E-state index contributed by atoms with van der Waals surface area (Å²) in [6.45, 7) is 0.867. The molecule has 0 spiro atoms. The molecule has 1 aliphatic rings. The van der Waals surface area contributed by atoms with Crippen LogP contribution in [0.5, 0.6) is 0 Å². The first kappa shape index (κ1) is 4.73. The van der Waals surface area contributed by atoms with Gasteiger partial charge in [0.1, 0.15) is 0 Å². The third-order valence-corrected chi connectivity index (χ3v) is 1.39. The van der Waals surface area contributed by atoms with Crippen molar-refractivity contribution in [2.24, 2.45) is 4.99 Å². The zero-order valence-electron chi connectivity index (χ0n) is 4.89. The third kappa shape index (κ3) is 0.650. The molecule has 0 fully saturated rings. The Labute approximate surface area is 52.8 Å². The minimum atomic E-state index is 0.867. The smallest absolute Gasteiger partial charge is 0.174 e. The Bertz CT molecular complexity index is 236. The van der Waals surface area contributed by atoms with Gasteiger partial charge in [0.25, 0.3) is 0 Å². The maximum absolute atomic E-state index is 4.07. The Morgan fingerprint density at radius 2 is 2.67 bits per heavy atom. The molecule has 1 aromatic heterocycles. The van der Waals surface area contributed by atoms with Gasteiger partial charge in [-0.1, -0.05) is 0 Å². The lowest BCUT2D eigenvalue weighted by Crippen LogP contribution is -2.01.